The number of esters is 1. The second-order valence-corrected chi connectivity index (χ2v) is 6.40. The van der Waals surface area contributed by atoms with E-state index in [0.717, 1.165) is 38.7 Å². The van der Waals surface area contributed by atoms with Gasteiger partial charge in [-0.05, 0) is 46.5 Å². The number of ether oxygens (including phenoxy) is 2. The minimum absolute atomic E-state index is 0.111. The Morgan fingerprint density at radius 1 is 1.33 bits per heavy atom. The zero-order valence-corrected chi connectivity index (χ0v) is 14.2. The quantitative estimate of drug-likeness (QED) is 0.523. The molecule has 2 unspecified atom stereocenters. The van der Waals surface area contributed by atoms with Crippen LogP contribution in [0.2, 0.25) is 0 Å². The number of unbranched alkanes of at least 4 members (excludes halogenated alkanes) is 2. The van der Waals surface area contributed by atoms with E-state index in [4.69, 9.17) is 9.47 Å². The van der Waals surface area contributed by atoms with Crippen molar-refractivity contribution in [2.24, 2.45) is 0 Å². The maximum Gasteiger partial charge on any atom is 0.326 e. The van der Waals surface area contributed by atoms with E-state index in [1.807, 2.05) is 6.92 Å². The molecule has 1 saturated carbocycles. The Kier molecular flexibility index (Phi) is 8.27. The summed E-state index contributed by atoms with van der Waals surface area (Å²) >= 11 is 0. The monoisotopic (exact) mass is 299 g/mol. The number of hydrogen-bond donors (Lipinski definition) is 1. The maximum atomic E-state index is 12.4. The lowest BCUT2D eigenvalue weighted by Crippen LogP contribution is -2.59. The molecular formula is C17H33NO3. The highest BCUT2D eigenvalue weighted by Crippen LogP contribution is 2.32. The van der Waals surface area contributed by atoms with Crippen LogP contribution < -0.4 is 5.32 Å². The van der Waals surface area contributed by atoms with Crippen LogP contribution in [-0.2, 0) is 14.3 Å². The Labute approximate surface area is 130 Å². The van der Waals surface area contributed by atoms with E-state index >= 15 is 0 Å². The molecule has 4 heteroatoms. The van der Waals surface area contributed by atoms with Crippen molar-refractivity contribution in [3.63, 3.8) is 0 Å². The molecule has 0 aromatic carbocycles. The van der Waals surface area contributed by atoms with Crippen LogP contribution in [0.5, 0.6) is 0 Å². The van der Waals surface area contributed by atoms with Gasteiger partial charge in [-0.25, -0.2) is 0 Å². The van der Waals surface area contributed by atoms with Crippen molar-refractivity contribution < 1.29 is 14.3 Å². The van der Waals surface area contributed by atoms with Crippen LogP contribution in [0.15, 0.2) is 0 Å². The smallest absolute Gasteiger partial charge is 0.326 e. The summed E-state index contributed by atoms with van der Waals surface area (Å²) in [4.78, 5) is 12.4. The first-order chi connectivity index (χ1) is 10.0. The molecule has 1 fully saturated rings. The van der Waals surface area contributed by atoms with Gasteiger partial charge < -0.3 is 9.47 Å². The van der Waals surface area contributed by atoms with Gasteiger partial charge in [0.1, 0.15) is 5.54 Å². The normalized spacial score (nSPS) is 26.0. The van der Waals surface area contributed by atoms with E-state index in [-0.39, 0.29) is 18.1 Å². The molecule has 0 radical (unpaired) electrons. The van der Waals surface area contributed by atoms with Gasteiger partial charge in [-0.3, -0.25) is 10.1 Å². The second kappa shape index (κ2) is 9.42. The van der Waals surface area contributed by atoms with Crippen LogP contribution in [0, 0.1) is 0 Å². The predicted molar refractivity (Wildman–Crippen MR) is 85.4 cm³/mol. The lowest BCUT2D eigenvalue weighted by molar-refractivity contribution is -0.156. The maximum absolute atomic E-state index is 12.4. The van der Waals surface area contributed by atoms with Crippen LogP contribution in [0.3, 0.4) is 0 Å². The molecule has 0 aromatic rings. The first kappa shape index (κ1) is 18.4. The van der Waals surface area contributed by atoms with Gasteiger partial charge in [-0.1, -0.05) is 19.8 Å². The lowest BCUT2D eigenvalue weighted by atomic mass is 9.79. The number of hydrogen-bond acceptors (Lipinski definition) is 4. The predicted octanol–water partition coefficient (Wildman–Crippen LogP) is 3.44. The third-order valence-electron chi connectivity index (χ3n) is 4.04. The van der Waals surface area contributed by atoms with Crippen molar-refractivity contribution in [1.29, 1.82) is 0 Å². The van der Waals surface area contributed by atoms with Gasteiger partial charge in [0.25, 0.3) is 0 Å². The molecule has 0 saturated heterocycles. The highest BCUT2D eigenvalue weighted by Gasteiger charge is 2.44. The Morgan fingerprint density at radius 2 is 2.10 bits per heavy atom. The standard InChI is InChI=1S/C17H33NO3/c1-5-7-8-12-21-15-10-9-11-17(13-15,18-14(3)4)16(19)20-6-2/h14-15,18H,5-13H2,1-4H3. The number of carbonyl (C=O) groups excluding carboxylic acids is 1. The fourth-order valence-corrected chi connectivity index (χ4v) is 3.17. The topological polar surface area (TPSA) is 47.6 Å². The highest BCUT2D eigenvalue weighted by molar-refractivity contribution is 5.81. The van der Waals surface area contributed by atoms with Gasteiger partial charge in [0.2, 0.25) is 0 Å². The van der Waals surface area contributed by atoms with Crippen LogP contribution >= 0.6 is 0 Å². The van der Waals surface area contributed by atoms with Crippen LogP contribution in [0.25, 0.3) is 0 Å². The fraction of sp³-hybridized carbons (Fsp3) is 0.941. The Hall–Kier alpha value is -0.610. The lowest BCUT2D eigenvalue weighted by Gasteiger charge is -2.40. The first-order valence-electron chi connectivity index (χ1n) is 8.60. The van der Waals surface area contributed by atoms with Gasteiger partial charge in [0, 0.05) is 19.1 Å². The summed E-state index contributed by atoms with van der Waals surface area (Å²) in [6.45, 7) is 9.45. The van der Waals surface area contributed by atoms with Gasteiger partial charge >= 0.3 is 5.97 Å². The molecule has 21 heavy (non-hydrogen) atoms. The summed E-state index contributed by atoms with van der Waals surface area (Å²) in [5, 5.41) is 3.46. The summed E-state index contributed by atoms with van der Waals surface area (Å²) in [6, 6.07) is 0.258. The SMILES string of the molecule is CCCCCOC1CCCC(NC(C)C)(C(=O)OCC)C1. The van der Waals surface area contributed by atoms with E-state index in [1.54, 1.807) is 0 Å². The molecule has 1 aliphatic carbocycles. The van der Waals surface area contributed by atoms with E-state index < -0.39 is 5.54 Å². The van der Waals surface area contributed by atoms with Crippen molar-refractivity contribution in [3.8, 4) is 0 Å². The summed E-state index contributed by atoms with van der Waals surface area (Å²) in [5.41, 5.74) is -0.558. The molecule has 0 amide bonds. The average molecular weight is 299 g/mol. The molecule has 1 rings (SSSR count). The van der Waals surface area contributed by atoms with Crippen LogP contribution in [-0.4, -0.2) is 36.9 Å². The molecule has 0 bridgehead atoms. The zero-order chi connectivity index (χ0) is 15.7. The molecule has 124 valence electrons. The largest absolute Gasteiger partial charge is 0.465 e. The minimum atomic E-state index is -0.558. The van der Waals surface area contributed by atoms with Crippen molar-refractivity contribution in [3.05, 3.63) is 0 Å². The van der Waals surface area contributed by atoms with E-state index in [0.29, 0.717) is 6.61 Å². The van der Waals surface area contributed by atoms with Crippen molar-refractivity contribution in [1.82, 2.24) is 5.32 Å². The first-order valence-corrected chi connectivity index (χ1v) is 8.60. The Bertz CT molecular complexity index is 306. The minimum Gasteiger partial charge on any atom is -0.465 e. The zero-order valence-electron chi connectivity index (χ0n) is 14.2. The molecule has 4 nitrogen and oxygen atoms in total. The van der Waals surface area contributed by atoms with E-state index in [9.17, 15) is 4.79 Å². The van der Waals surface area contributed by atoms with Gasteiger partial charge in [-0.2, -0.15) is 0 Å². The molecule has 0 aliphatic heterocycles. The molecule has 1 aliphatic rings. The van der Waals surface area contributed by atoms with Crippen LogP contribution in [0.1, 0.15) is 72.6 Å². The summed E-state index contributed by atoms with van der Waals surface area (Å²) in [5.74, 6) is -0.111. The van der Waals surface area contributed by atoms with Gasteiger partial charge in [-0.15, -0.1) is 0 Å². The molecule has 2 atom stereocenters. The third kappa shape index (κ3) is 5.95. The van der Waals surface area contributed by atoms with Crippen molar-refractivity contribution in [2.75, 3.05) is 13.2 Å². The number of carbonyl (C=O) groups is 1. The fourth-order valence-electron chi connectivity index (χ4n) is 3.17. The molecule has 0 aromatic heterocycles. The van der Waals surface area contributed by atoms with Crippen molar-refractivity contribution >= 4 is 5.97 Å². The van der Waals surface area contributed by atoms with Gasteiger partial charge in [0.05, 0.1) is 12.7 Å². The third-order valence-corrected chi connectivity index (χ3v) is 4.04. The second-order valence-electron chi connectivity index (χ2n) is 6.40. The summed E-state index contributed by atoms with van der Waals surface area (Å²) in [6.07, 6.45) is 7.33. The Balaban J connectivity index is 2.62. The number of nitrogens with one attached hydrogen (secondary N) is 1. The summed E-state index contributed by atoms with van der Waals surface area (Å²) < 4.78 is 11.3. The molecule has 0 heterocycles. The molecule has 0 spiro atoms. The summed E-state index contributed by atoms with van der Waals surface area (Å²) in [7, 11) is 0. The van der Waals surface area contributed by atoms with Gasteiger partial charge in [0.15, 0.2) is 0 Å². The van der Waals surface area contributed by atoms with Crippen LogP contribution in [0.4, 0.5) is 0 Å². The van der Waals surface area contributed by atoms with Crippen molar-refractivity contribution in [2.45, 2.75) is 90.3 Å². The Morgan fingerprint density at radius 3 is 2.71 bits per heavy atom. The number of rotatable bonds is 9. The highest BCUT2D eigenvalue weighted by atomic mass is 16.5. The van der Waals surface area contributed by atoms with E-state index in [1.165, 1.54) is 12.8 Å². The van der Waals surface area contributed by atoms with E-state index in [2.05, 4.69) is 26.1 Å². The molecule has 1 N–H and O–H groups in total. The average Bonchev–Trinajstić information content (AvgIpc) is 2.43. The molecular weight excluding hydrogens is 266 g/mol.